The highest BCUT2D eigenvalue weighted by molar-refractivity contribution is 6.32. The number of carbonyl (C=O) groups excluding carboxylic acids is 1. The van der Waals surface area contributed by atoms with Gasteiger partial charge in [0.05, 0.1) is 10.6 Å². The summed E-state index contributed by atoms with van der Waals surface area (Å²) in [6.45, 7) is 11.0. The molecule has 2 aromatic carbocycles. The number of aliphatic hydroxyl groups is 1. The molecule has 2 aliphatic heterocycles. The van der Waals surface area contributed by atoms with Gasteiger partial charge in [0, 0.05) is 62.6 Å². The van der Waals surface area contributed by atoms with Gasteiger partial charge in [0.15, 0.2) is 5.60 Å². The molecule has 11 nitrogen and oxygen atoms in total. The SMILES string of the molecule is CNC(=O)c1cc(Cl)c(OC(C)(C)C(=O)O)cc1OC[C@H](O)CN1CCC2(CC1)Cc1cc(Cl)cc(C(C)(C)C)c1O2.O=C(O)C(F)(F)F. The maximum absolute atomic E-state index is 12.5. The average molecular weight is 738 g/mol. The van der Waals surface area contributed by atoms with Crippen LogP contribution < -0.4 is 19.5 Å². The molecule has 4 rings (SSSR count). The molecule has 2 aliphatic rings. The molecule has 4 N–H and O–H groups in total. The summed E-state index contributed by atoms with van der Waals surface area (Å²) in [5.41, 5.74) is 0.478. The first-order valence-corrected chi connectivity index (χ1v) is 16.1. The van der Waals surface area contributed by atoms with Crippen LogP contribution in [0.4, 0.5) is 13.2 Å². The van der Waals surface area contributed by atoms with Crippen LogP contribution >= 0.6 is 23.2 Å². The van der Waals surface area contributed by atoms with E-state index in [4.69, 9.17) is 47.3 Å². The number of ether oxygens (including phenoxy) is 3. The molecule has 2 heterocycles. The number of carboxylic acids is 2. The smallest absolute Gasteiger partial charge is 0.490 e. The molecular formula is C33H41Cl2F3N2O9. The Labute approximate surface area is 292 Å². The number of alkyl halides is 3. The van der Waals surface area contributed by atoms with E-state index >= 15 is 0 Å². The van der Waals surface area contributed by atoms with E-state index in [2.05, 4.69) is 31.0 Å². The number of likely N-dealkylation sites (tertiary alicyclic amines) is 1. The highest BCUT2D eigenvalue weighted by Crippen LogP contribution is 2.47. The summed E-state index contributed by atoms with van der Waals surface area (Å²) < 4.78 is 49.9. The second kappa shape index (κ2) is 15.2. The van der Waals surface area contributed by atoms with Gasteiger partial charge in [-0.05, 0) is 43.0 Å². The molecule has 2 aromatic rings. The van der Waals surface area contributed by atoms with Gasteiger partial charge in [-0.3, -0.25) is 4.79 Å². The largest absolute Gasteiger partial charge is 0.490 e. The Balaban J connectivity index is 0.000000838. The van der Waals surface area contributed by atoms with Crippen molar-refractivity contribution in [1.82, 2.24) is 10.2 Å². The van der Waals surface area contributed by atoms with E-state index in [0.717, 1.165) is 54.3 Å². The van der Waals surface area contributed by atoms with Crippen LogP contribution in [0.15, 0.2) is 24.3 Å². The van der Waals surface area contributed by atoms with Gasteiger partial charge in [-0.25, -0.2) is 9.59 Å². The molecule has 1 fully saturated rings. The van der Waals surface area contributed by atoms with Crippen molar-refractivity contribution in [1.29, 1.82) is 0 Å². The molecular weight excluding hydrogens is 696 g/mol. The third kappa shape index (κ3) is 10.3. The maximum Gasteiger partial charge on any atom is 0.490 e. The number of carboxylic acid groups (broad SMARTS) is 2. The molecule has 49 heavy (non-hydrogen) atoms. The van der Waals surface area contributed by atoms with Crippen LogP contribution in [0.2, 0.25) is 10.0 Å². The number of piperidine rings is 1. The molecule has 0 bridgehead atoms. The third-order valence-corrected chi connectivity index (χ3v) is 8.58. The molecule has 0 aromatic heterocycles. The molecule has 0 unspecified atom stereocenters. The fourth-order valence-corrected chi connectivity index (χ4v) is 5.82. The molecule has 272 valence electrons. The van der Waals surface area contributed by atoms with Gasteiger partial charge in [-0.2, -0.15) is 13.2 Å². The number of fused-ring (bicyclic) bond motifs is 1. The topological polar surface area (TPSA) is 155 Å². The number of rotatable bonds is 9. The minimum absolute atomic E-state index is 0.0519. The minimum atomic E-state index is -5.08. The Morgan fingerprint density at radius 3 is 2.10 bits per heavy atom. The second-order valence-corrected chi connectivity index (χ2v) is 14.3. The lowest BCUT2D eigenvalue weighted by molar-refractivity contribution is -0.192. The highest BCUT2D eigenvalue weighted by Gasteiger charge is 2.44. The number of halogens is 5. The van der Waals surface area contributed by atoms with Gasteiger partial charge in [-0.1, -0.05) is 44.0 Å². The van der Waals surface area contributed by atoms with Gasteiger partial charge in [0.25, 0.3) is 5.91 Å². The zero-order chi connectivity index (χ0) is 37.1. The molecule has 0 saturated carbocycles. The lowest BCUT2D eigenvalue weighted by Gasteiger charge is -2.39. The number of hydrogen-bond donors (Lipinski definition) is 4. The van der Waals surface area contributed by atoms with E-state index < -0.39 is 35.7 Å². The molecule has 1 spiro atoms. The average Bonchev–Trinajstić information content (AvgIpc) is 3.34. The number of benzene rings is 2. The van der Waals surface area contributed by atoms with Crippen LogP contribution in [0, 0.1) is 0 Å². The van der Waals surface area contributed by atoms with E-state index in [0.29, 0.717) is 6.54 Å². The number of carbonyl (C=O) groups is 3. The summed E-state index contributed by atoms with van der Waals surface area (Å²) in [6.07, 6.45) is -3.49. The molecule has 0 aliphatic carbocycles. The van der Waals surface area contributed by atoms with Crippen molar-refractivity contribution in [3.8, 4) is 17.2 Å². The standard InChI is InChI=1S/C31H40Cl2N2O7.C2HF3O2/c1-29(2,3)22-12-19(32)11-18-15-31(42-26(18)22)7-9-35(10-8-31)16-20(36)17-40-24-14-25(41-30(4,5)28(38)39)23(33)13-21(24)27(37)34-6;3-2(4,5)1(6)7/h11-14,20,36H,7-10,15-17H2,1-6H3,(H,34,37)(H,38,39);(H,6,7)/t20-;/m1./s1. The van der Waals surface area contributed by atoms with Crippen molar-refractivity contribution in [3.63, 3.8) is 0 Å². The van der Waals surface area contributed by atoms with E-state index in [-0.39, 0.29) is 39.7 Å². The van der Waals surface area contributed by atoms with Gasteiger partial charge >= 0.3 is 18.1 Å². The third-order valence-electron chi connectivity index (χ3n) is 8.07. The predicted molar refractivity (Wildman–Crippen MR) is 175 cm³/mol. The van der Waals surface area contributed by atoms with Crippen molar-refractivity contribution in [2.75, 3.05) is 33.3 Å². The van der Waals surface area contributed by atoms with Crippen LogP contribution in [-0.4, -0.2) is 94.8 Å². The van der Waals surface area contributed by atoms with Gasteiger partial charge < -0.3 is 39.7 Å². The lowest BCUT2D eigenvalue weighted by atomic mass is 9.84. The summed E-state index contributed by atoms with van der Waals surface area (Å²) in [5.74, 6) is -3.25. The zero-order valence-electron chi connectivity index (χ0n) is 28.0. The first kappa shape index (κ1) is 40.0. The van der Waals surface area contributed by atoms with Crippen LogP contribution in [-0.2, 0) is 21.4 Å². The van der Waals surface area contributed by atoms with Crippen LogP contribution in [0.3, 0.4) is 0 Å². The minimum Gasteiger partial charge on any atom is -0.490 e. The Morgan fingerprint density at radius 1 is 1.00 bits per heavy atom. The van der Waals surface area contributed by atoms with E-state index in [1.807, 2.05) is 12.1 Å². The summed E-state index contributed by atoms with van der Waals surface area (Å²) in [6, 6.07) is 6.75. The lowest BCUT2D eigenvalue weighted by Crippen LogP contribution is -2.49. The quantitative estimate of drug-likeness (QED) is 0.251. The second-order valence-electron chi connectivity index (χ2n) is 13.5. The van der Waals surface area contributed by atoms with Crippen molar-refractivity contribution in [2.24, 2.45) is 0 Å². The first-order valence-electron chi connectivity index (χ1n) is 15.3. The number of nitrogens with zero attached hydrogens (tertiary/aromatic N) is 1. The van der Waals surface area contributed by atoms with E-state index in [1.54, 1.807) is 0 Å². The highest BCUT2D eigenvalue weighted by atomic mass is 35.5. The van der Waals surface area contributed by atoms with Crippen molar-refractivity contribution in [3.05, 3.63) is 51.0 Å². The van der Waals surface area contributed by atoms with Crippen molar-refractivity contribution >= 4 is 41.0 Å². The molecule has 1 atom stereocenters. The van der Waals surface area contributed by atoms with E-state index in [9.17, 15) is 33.0 Å². The normalized spacial score (nSPS) is 16.5. The monoisotopic (exact) mass is 736 g/mol. The fourth-order valence-electron chi connectivity index (χ4n) is 5.38. The summed E-state index contributed by atoms with van der Waals surface area (Å²) in [5, 5.41) is 30.7. The molecule has 0 radical (unpaired) electrons. The zero-order valence-corrected chi connectivity index (χ0v) is 29.5. The van der Waals surface area contributed by atoms with Crippen LogP contribution in [0.25, 0.3) is 0 Å². The number of aliphatic hydroxyl groups excluding tert-OH is 1. The molecule has 1 saturated heterocycles. The Morgan fingerprint density at radius 2 is 1.59 bits per heavy atom. The number of amides is 1. The number of β-amino-alcohol motifs (C(OH)–C–C–N with tert-alkyl or cyclic N) is 1. The van der Waals surface area contributed by atoms with Crippen LogP contribution in [0.5, 0.6) is 17.2 Å². The maximum atomic E-state index is 12.5. The summed E-state index contributed by atoms with van der Waals surface area (Å²) >= 11 is 12.7. The summed E-state index contributed by atoms with van der Waals surface area (Å²) in [7, 11) is 1.47. The fraction of sp³-hybridized carbons (Fsp3) is 0.545. The van der Waals surface area contributed by atoms with Gasteiger partial charge in [0.2, 0.25) is 0 Å². The number of hydrogen-bond acceptors (Lipinski definition) is 8. The van der Waals surface area contributed by atoms with Gasteiger partial charge in [-0.15, -0.1) is 0 Å². The van der Waals surface area contributed by atoms with Crippen molar-refractivity contribution in [2.45, 2.75) is 82.8 Å². The molecule has 1 amide bonds. The Bertz CT molecular complexity index is 1550. The first-order chi connectivity index (χ1) is 22.5. The van der Waals surface area contributed by atoms with Crippen LogP contribution in [0.1, 0.15) is 68.9 Å². The molecule has 16 heteroatoms. The Hall–Kier alpha value is -3.46. The summed E-state index contributed by atoms with van der Waals surface area (Å²) in [4.78, 5) is 35.1. The Kier molecular flexibility index (Phi) is 12.4. The van der Waals surface area contributed by atoms with Crippen molar-refractivity contribution < 1.29 is 57.1 Å². The van der Waals surface area contributed by atoms with Gasteiger partial charge in [0.1, 0.15) is 35.6 Å². The predicted octanol–water partition coefficient (Wildman–Crippen LogP) is 5.74. The number of aliphatic carboxylic acids is 2. The number of nitrogens with one attached hydrogen (secondary N) is 1. The van der Waals surface area contributed by atoms with E-state index in [1.165, 1.54) is 33.0 Å².